The lowest BCUT2D eigenvalue weighted by Gasteiger charge is -2.40. The molecule has 0 saturated heterocycles. The summed E-state index contributed by atoms with van der Waals surface area (Å²) >= 11 is 0. The molecular weight excluding hydrogens is 212 g/mol. The van der Waals surface area contributed by atoms with Gasteiger partial charge in [-0.1, -0.05) is 26.2 Å². The first-order chi connectivity index (χ1) is 8.07. The maximum absolute atomic E-state index is 12.7. The molecule has 0 aromatic carbocycles. The van der Waals surface area contributed by atoms with Crippen LogP contribution in [0.2, 0.25) is 0 Å². The van der Waals surface area contributed by atoms with Crippen molar-refractivity contribution in [2.24, 2.45) is 11.1 Å². The van der Waals surface area contributed by atoms with E-state index >= 15 is 0 Å². The van der Waals surface area contributed by atoms with Crippen molar-refractivity contribution < 1.29 is 4.79 Å². The number of amides is 1. The van der Waals surface area contributed by atoms with Crippen molar-refractivity contribution in [3.05, 3.63) is 0 Å². The van der Waals surface area contributed by atoms with Gasteiger partial charge in [0.25, 0.3) is 0 Å². The van der Waals surface area contributed by atoms with Gasteiger partial charge in [-0.05, 0) is 33.1 Å². The largest absolute Gasteiger partial charge is 0.340 e. The second-order valence-electron chi connectivity index (χ2n) is 5.64. The van der Waals surface area contributed by atoms with Gasteiger partial charge in [0.1, 0.15) is 0 Å². The number of carbonyl (C=O) groups is 1. The summed E-state index contributed by atoms with van der Waals surface area (Å²) < 4.78 is 0. The number of rotatable bonds is 5. The molecule has 1 amide bonds. The van der Waals surface area contributed by atoms with Crippen LogP contribution >= 0.6 is 0 Å². The van der Waals surface area contributed by atoms with E-state index in [1.807, 2.05) is 4.90 Å². The first kappa shape index (κ1) is 14.5. The van der Waals surface area contributed by atoms with Crippen molar-refractivity contribution in [3.63, 3.8) is 0 Å². The molecule has 0 unspecified atom stereocenters. The molecule has 0 heterocycles. The number of hydrogen-bond donors (Lipinski definition) is 1. The van der Waals surface area contributed by atoms with E-state index in [1.165, 1.54) is 6.42 Å². The van der Waals surface area contributed by atoms with Crippen molar-refractivity contribution in [1.82, 2.24) is 4.90 Å². The highest BCUT2D eigenvalue weighted by atomic mass is 16.2. The Morgan fingerprint density at radius 1 is 1.29 bits per heavy atom. The fourth-order valence-electron chi connectivity index (χ4n) is 2.87. The van der Waals surface area contributed by atoms with E-state index < -0.39 is 0 Å². The third-order valence-electron chi connectivity index (χ3n) is 4.00. The van der Waals surface area contributed by atoms with Crippen LogP contribution < -0.4 is 5.73 Å². The van der Waals surface area contributed by atoms with E-state index in [-0.39, 0.29) is 11.5 Å². The predicted molar refractivity (Wildman–Crippen MR) is 71.7 cm³/mol. The summed E-state index contributed by atoms with van der Waals surface area (Å²) in [5.74, 6) is 0.302. The summed E-state index contributed by atoms with van der Waals surface area (Å²) in [7, 11) is 0. The lowest BCUT2D eigenvalue weighted by atomic mass is 9.73. The molecule has 3 heteroatoms. The Hall–Kier alpha value is -0.570. The van der Waals surface area contributed by atoms with Crippen molar-refractivity contribution in [1.29, 1.82) is 0 Å². The summed E-state index contributed by atoms with van der Waals surface area (Å²) in [6.07, 6.45) is 6.54. The van der Waals surface area contributed by atoms with Gasteiger partial charge in [0, 0.05) is 19.1 Å². The molecule has 100 valence electrons. The van der Waals surface area contributed by atoms with Gasteiger partial charge in [0.05, 0.1) is 5.41 Å². The Morgan fingerprint density at radius 2 is 1.88 bits per heavy atom. The number of hydrogen-bond acceptors (Lipinski definition) is 2. The first-order valence-corrected chi connectivity index (χ1v) is 7.08. The minimum absolute atomic E-state index is 0.252. The first-order valence-electron chi connectivity index (χ1n) is 7.08. The van der Waals surface area contributed by atoms with Gasteiger partial charge in [-0.15, -0.1) is 0 Å². The highest BCUT2D eigenvalue weighted by Crippen LogP contribution is 2.37. The topological polar surface area (TPSA) is 46.3 Å². The zero-order valence-electron chi connectivity index (χ0n) is 11.7. The summed E-state index contributed by atoms with van der Waals surface area (Å²) in [6.45, 7) is 7.69. The highest BCUT2D eigenvalue weighted by molar-refractivity contribution is 5.83. The van der Waals surface area contributed by atoms with Crippen LogP contribution in [-0.2, 0) is 4.79 Å². The summed E-state index contributed by atoms with van der Waals surface area (Å²) in [5.41, 5.74) is 5.67. The Labute approximate surface area is 106 Å². The van der Waals surface area contributed by atoms with Gasteiger partial charge in [-0.2, -0.15) is 0 Å². The van der Waals surface area contributed by atoms with Crippen LogP contribution in [0.25, 0.3) is 0 Å². The van der Waals surface area contributed by atoms with E-state index in [0.29, 0.717) is 12.5 Å². The van der Waals surface area contributed by atoms with Gasteiger partial charge < -0.3 is 10.6 Å². The molecule has 1 rings (SSSR count). The molecule has 1 aliphatic rings. The monoisotopic (exact) mass is 240 g/mol. The number of carbonyl (C=O) groups excluding carboxylic acids is 1. The lowest BCUT2D eigenvalue weighted by Crippen LogP contribution is -2.51. The van der Waals surface area contributed by atoms with Gasteiger partial charge in [-0.25, -0.2) is 0 Å². The molecule has 1 aliphatic carbocycles. The molecule has 0 atom stereocenters. The SMILES string of the molecule is CCCN(C(=O)C1(CN)CCCCC1)C(C)C. The fourth-order valence-corrected chi connectivity index (χ4v) is 2.87. The molecular formula is C14H28N2O. The number of nitrogens with two attached hydrogens (primary N) is 1. The summed E-state index contributed by atoms with van der Waals surface area (Å²) in [4.78, 5) is 14.8. The maximum Gasteiger partial charge on any atom is 0.230 e. The Balaban J connectivity index is 2.81. The Morgan fingerprint density at radius 3 is 2.29 bits per heavy atom. The van der Waals surface area contributed by atoms with Gasteiger partial charge >= 0.3 is 0 Å². The van der Waals surface area contributed by atoms with Gasteiger partial charge in [0.15, 0.2) is 0 Å². The van der Waals surface area contributed by atoms with Crippen LogP contribution in [0.5, 0.6) is 0 Å². The third kappa shape index (κ3) is 3.21. The average Bonchev–Trinajstić information content (AvgIpc) is 2.35. The zero-order chi connectivity index (χ0) is 12.9. The van der Waals surface area contributed by atoms with Crippen molar-refractivity contribution >= 4 is 5.91 Å². The Kier molecular flexibility index (Phi) is 5.44. The predicted octanol–water partition coefficient (Wildman–Crippen LogP) is 2.54. The fraction of sp³-hybridized carbons (Fsp3) is 0.929. The molecule has 17 heavy (non-hydrogen) atoms. The average molecular weight is 240 g/mol. The molecule has 2 N–H and O–H groups in total. The van der Waals surface area contributed by atoms with Crippen LogP contribution in [0.3, 0.4) is 0 Å². The molecule has 0 aromatic heterocycles. The van der Waals surface area contributed by atoms with E-state index in [1.54, 1.807) is 0 Å². The lowest BCUT2D eigenvalue weighted by molar-refractivity contribution is -0.145. The molecule has 1 fully saturated rings. The van der Waals surface area contributed by atoms with Crippen molar-refractivity contribution in [2.45, 2.75) is 65.3 Å². The van der Waals surface area contributed by atoms with Crippen LogP contribution in [0, 0.1) is 5.41 Å². The van der Waals surface area contributed by atoms with E-state index in [4.69, 9.17) is 5.73 Å². The van der Waals surface area contributed by atoms with E-state index in [9.17, 15) is 4.79 Å². The normalized spacial score (nSPS) is 19.4. The highest BCUT2D eigenvalue weighted by Gasteiger charge is 2.41. The molecule has 0 radical (unpaired) electrons. The standard InChI is InChI=1S/C14H28N2O/c1-4-10-16(12(2)3)13(17)14(11-15)8-6-5-7-9-14/h12H,4-11,15H2,1-3H3. The van der Waals surface area contributed by atoms with E-state index in [2.05, 4.69) is 20.8 Å². The number of nitrogens with zero attached hydrogens (tertiary/aromatic N) is 1. The molecule has 0 aromatic rings. The third-order valence-corrected chi connectivity index (χ3v) is 4.00. The van der Waals surface area contributed by atoms with Gasteiger partial charge in [-0.3, -0.25) is 4.79 Å². The second-order valence-corrected chi connectivity index (χ2v) is 5.64. The van der Waals surface area contributed by atoms with Crippen LogP contribution in [0.1, 0.15) is 59.3 Å². The smallest absolute Gasteiger partial charge is 0.230 e. The van der Waals surface area contributed by atoms with Crippen LogP contribution in [0.15, 0.2) is 0 Å². The summed E-state index contributed by atoms with van der Waals surface area (Å²) in [6, 6.07) is 0.285. The van der Waals surface area contributed by atoms with Crippen molar-refractivity contribution in [2.75, 3.05) is 13.1 Å². The van der Waals surface area contributed by atoms with Crippen molar-refractivity contribution in [3.8, 4) is 0 Å². The minimum Gasteiger partial charge on any atom is -0.340 e. The minimum atomic E-state index is -0.252. The van der Waals surface area contributed by atoms with E-state index in [0.717, 1.165) is 38.6 Å². The Bertz CT molecular complexity index is 245. The molecule has 0 spiro atoms. The zero-order valence-corrected chi connectivity index (χ0v) is 11.7. The van der Waals surface area contributed by atoms with Crippen LogP contribution in [-0.4, -0.2) is 29.9 Å². The second kappa shape index (κ2) is 6.39. The summed E-state index contributed by atoms with van der Waals surface area (Å²) in [5, 5.41) is 0. The molecule has 1 saturated carbocycles. The molecule has 0 bridgehead atoms. The van der Waals surface area contributed by atoms with Gasteiger partial charge in [0.2, 0.25) is 5.91 Å². The van der Waals surface area contributed by atoms with Crippen LogP contribution in [0.4, 0.5) is 0 Å². The maximum atomic E-state index is 12.7. The molecule has 0 aliphatic heterocycles. The quantitative estimate of drug-likeness (QED) is 0.802. The molecule has 3 nitrogen and oxygen atoms in total.